The van der Waals surface area contributed by atoms with Crippen molar-refractivity contribution < 1.29 is 19.1 Å². The van der Waals surface area contributed by atoms with Gasteiger partial charge in [0.05, 0.1) is 12.3 Å². The molecule has 1 heterocycles. The van der Waals surface area contributed by atoms with Gasteiger partial charge in [-0.25, -0.2) is 9.69 Å². The molecule has 1 aromatic carbocycles. The minimum Gasteiger partial charge on any atom is -0.500 e. The van der Waals surface area contributed by atoms with Gasteiger partial charge in [0.25, 0.3) is 11.8 Å². The number of barbiturate groups is 1. The number of halogens is 1. The number of urea groups is 1. The molecule has 0 bridgehead atoms. The summed E-state index contributed by atoms with van der Waals surface area (Å²) in [6, 6.07) is 5.38. The van der Waals surface area contributed by atoms with Gasteiger partial charge in [0, 0.05) is 5.02 Å². The van der Waals surface area contributed by atoms with Crippen LogP contribution in [-0.2, 0) is 14.3 Å². The van der Waals surface area contributed by atoms with Gasteiger partial charge in [-0.2, -0.15) is 0 Å². The van der Waals surface area contributed by atoms with Crippen LogP contribution in [-0.4, -0.2) is 24.5 Å². The standard InChI is InChI=1S/C13H11ClN2O4/c1-2-20-7-10-11(17)15-13(19)16(12(10)18)9-5-3-4-8(14)6-9/h3-7H,2H2,1H3,(H,15,17,19)/b10-7-. The van der Waals surface area contributed by atoms with E-state index in [9.17, 15) is 14.4 Å². The average molecular weight is 295 g/mol. The summed E-state index contributed by atoms with van der Waals surface area (Å²) in [6.07, 6.45) is 1.04. The van der Waals surface area contributed by atoms with E-state index in [1.54, 1.807) is 19.1 Å². The fourth-order valence-electron chi connectivity index (χ4n) is 1.65. The van der Waals surface area contributed by atoms with E-state index in [4.69, 9.17) is 16.3 Å². The molecule has 1 aromatic rings. The highest BCUT2D eigenvalue weighted by Gasteiger charge is 2.37. The zero-order valence-corrected chi connectivity index (χ0v) is 11.3. The molecule has 0 radical (unpaired) electrons. The van der Waals surface area contributed by atoms with Crippen molar-refractivity contribution in [3.8, 4) is 0 Å². The van der Waals surface area contributed by atoms with Crippen molar-refractivity contribution in [2.75, 3.05) is 11.5 Å². The molecular weight excluding hydrogens is 284 g/mol. The first-order chi connectivity index (χ1) is 9.54. The Balaban J connectivity index is 2.40. The Morgan fingerprint density at radius 2 is 2.10 bits per heavy atom. The Hall–Kier alpha value is -2.34. The molecule has 0 unspecified atom stereocenters. The number of hydrogen-bond donors (Lipinski definition) is 1. The lowest BCUT2D eigenvalue weighted by molar-refractivity contribution is -0.122. The van der Waals surface area contributed by atoms with Crippen LogP contribution in [0.25, 0.3) is 0 Å². The molecular formula is C13H11ClN2O4. The molecule has 6 nitrogen and oxygen atoms in total. The predicted molar refractivity (Wildman–Crippen MR) is 72.2 cm³/mol. The van der Waals surface area contributed by atoms with Crippen LogP contribution < -0.4 is 10.2 Å². The Kier molecular flexibility index (Phi) is 4.05. The average Bonchev–Trinajstić information content (AvgIpc) is 2.38. The first kappa shape index (κ1) is 14.1. The van der Waals surface area contributed by atoms with Crippen LogP contribution in [0.15, 0.2) is 36.1 Å². The number of nitrogens with one attached hydrogen (secondary N) is 1. The fraction of sp³-hybridized carbons (Fsp3) is 0.154. The summed E-state index contributed by atoms with van der Waals surface area (Å²) < 4.78 is 4.95. The van der Waals surface area contributed by atoms with Gasteiger partial charge >= 0.3 is 6.03 Å². The van der Waals surface area contributed by atoms with Gasteiger partial charge in [0.1, 0.15) is 11.8 Å². The van der Waals surface area contributed by atoms with Crippen molar-refractivity contribution in [2.24, 2.45) is 0 Å². The molecule has 1 fully saturated rings. The van der Waals surface area contributed by atoms with Gasteiger partial charge in [0.15, 0.2) is 0 Å². The number of rotatable bonds is 3. The number of carbonyl (C=O) groups excluding carboxylic acids is 3. The number of anilines is 1. The third kappa shape index (κ3) is 2.65. The normalized spacial score (nSPS) is 17.4. The van der Waals surface area contributed by atoms with Crippen LogP contribution in [0.2, 0.25) is 5.02 Å². The smallest absolute Gasteiger partial charge is 0.335 e. The number of ether oxygens (including phenoxy) is 1. The summed E-state index contributed by atoms with van der Waals surface area (Å²) >= 11 is 5.83. The van der Waals surface area contributed by atoms with Crippen LogP contribution in [0.3, 0.4) is 0 Å². The van der Waals surface area contributed by atoms with Gasteiger partial charge in [-0.15, -0.1) is 0 Å². The van der Waals surface area contributed by atoms with Gasteiger partial charge < -0.3 is 4.74 Å². The van der Waals surface area contributed by atoms with Crippen LogP contribution in [0, 0.1) is 0 Å². The monoisotopic (exact) mass is 294 g/mol. The van der Waals surface area contributed by atoms with Crippen molar-refractivity contribution in [3.63, 3.8) is 0 Å². The Labute approximate surface area is 120 Å². The van der Waals surface area contributed by atoms with Gasteiger partial charge in [-0.05, 0) is 25.1 Å². The molecule has 1 N–H and O–H groups in total. The summed E-state index contributed by atoms with van der Waals surface area (Å²) in [5.41, 5.74) is 0.0290. The molecule has 1 aliphatic rings. The molecule has 0 atom stereocenters. The highest BCUT2D eigenvalue weighted by molar-refractivity contribution is 6.38. The number of imide groups is 2. The van der Waals surface area contributed by atoms with Gasteiger partial charge in [-0.3, -0.25) is 14.9 Å². The molecule has 104 valence electrons. The fourth-order valence-corrected chi connectivity index (χ4v) is 1.84. The van der Waals surface area contributed by atoms with Crippen LogP contribution in [0.4, 0.5) is 10.5 Å². The van der Waals surface area contributed by atoms with Crippen LogP contribution >= 0.6 is 11.6 Å². The molecule has 2 rings (SSSR count). The van der Waals surface area contributed by atoms with E-state index in [0.717, 1.165) is 11.2 Å². The second-order valence-corrected chi connectivity index (χ2v) is 4.30. The predicted octanol–water partition coefficient (Wildman–Crippen LogP) is 1.84. The van der Waals surface area contributed by atoms with E-state index in [1.807, 2.05) is 0 Å². The molecule has 20 heavy (non-hydrogen) atoms. The Bertz CT molecular complexity index is 612. The van der Waals surface area contributed by atoms with E-state index < -0.39 is 17.8 Å². The summed E-state index contributed by atoms with van der Waals surface area (Å²) in [5.74, 6) is -1.54. The summed E-state index contributed by atoms with van der Waals surface area (Å²) in [4.78, 5) is 36.5. The lowest BCUT2D eigenvalue weighted by atomic mass is 10.1. The first-order valence-electron chi connectivity index (χ1n) is 5.81. The van der Waals surface area contributed by atoms with Gasteiger partial charge in [0.2, 0.25) is 0 Å². The summed E-state index contributed by atoms with van der Waals surface area (Å²) in [7, 11) is 0. The minimum atomic E-state index is -0.823. The SMILES string of the molecule is CCO/C=C1/C(=O)NC(=O)N(c2cccc(Cl)c2)C1=O. The Morgan fingerprint density at radius 3 is 2.75 bits per heavy atom. The second-order valence-electron chi connectivity index (χ2n) is 3.87. The quantitative estimate of drug-likeness (QED) is 0.524. The lowest BCUT2D eigenvalue weighted by Crippen LogP contribution is -2.54. The maximum atomic E-state index is 12.2. The van der Waals surface area contributed by atoms with E-state index in [1.165, 1.54) is 12.1 Å². The van der Waals surface area contributed by atoms with Crippen molar-refractivity contribution >= 4 is 35.1 Å². The molecule has 1 aliphatic heterocycles. The van der Waals surface area contributed by atoms with E-state index >= 15 is 0 Å². The highest BCUT2D eigenvalue weighted by Crippen LogP contribution is 2.23. The maximum Gasteiger partial charge on any atom is 0.335 e. The molecule has 4 amide bonds. The number of amides is 4. The van der Waals surface area contributed by atoms with Crippen molar-refractivity contribution in [1.82, 2.24) is 5.32 Å². The van der Waals surface area contributed by atoms with Crippen molar-refractivity contribution in [3.05, 3.63) is 41.1 Å². The van der Waals surface area contributed by atoms with E-state index in [0.29, 0.717) is 11.6 Å². The van der Waals surface area contributed by atoms with E-state index in [-0.39, 0.29) is 11.3 Å². The third-order valence-electron chi connectivity index (χ3n) is 2.54. The molecule has 0 saturated carbocycles. The number of nitrogens with zero attached hydrogens (tertiary/aromatic N) is 1. The van der Waals surface area contributed by atoms with E-state index in [2.05, 4.69) is 5.32 Å². The highest BCUT2D eigenvalue weighted by atomic mass is 35.5. The zero-order chi connectivity index (χ0) is 14.7. The molecule has 0 aliphatic carbocycles. The van der Waals surface area contributed by atoms with Crippen LogP contribution in [0.1, 0.15) is 6.92 Å². The minimum absolute atomic E-state index is 0.244. The zero-order valence-electron chi connectivity index (χ0n) is 10.6. The first-order valence-corrected chi connectivity index (χ1v) is 6.19. The number of hydrogen-bond acceptors (Lipinski definition) is 4. The van der Waals surface area contributed by atoms with Crippen molar-refractivity contribution in [1.29, 1.82) is 0 Å². The topological polar surface area (TPSA) is 75.7 Å². The van der Waals surface area contributed by atoms with Crippen molar-refractivity contribution in [2.45, 2.75) is 6.92 Å². The number of benzene rings is 1. The summed E-state index contributed by atoms with van der Waals surface area (Å²) in [5, 5.41) is 2.44. The number of carbonyl (C=O) groups is 3. The second kappa shape index (κ2) is 5.75. The van der Waals surface area contributed by atoms with Gasteiger partial charge in [-0.1, -0.05) is 17.7 Å². The summed E-state index contributed by atoms with van der Waals surface area (Å²) in [6.45, 7) is 2.01. The molecule has 1 saturated heterocycles. The van der Waals surface area contributed by atoms with Crippen LogP contribution in [0.5, 0.6) is 0 Å². The third-order valence-corrected chi connectivity index (χ3v) is 2.77. The molecule has 0 aromatic heterocycles. The maximum absolute atomic E-state index is 12.2. The molecule has 0 spiro atoms. The Morgan fingerprint density at radius 1 is 1.35 bits per heavy atom. The lowest BCUT2D eigenvalue weighted by Gasteiger charge is -2.26. The molecule has 7 heteroatoms. The largest absolute Gasteiger partial charge is 0.500 e.